The van der Waals surface area contributed by atoms with Gasteiger partial charge in [-0.25, -0.2) is 0 Å². The van der Waals surface area contributed by atoms with Crippen molar-refractivity contribution in [3.63, 3.8) is 0 Å². The van der Waals surface area contributed by atoms with E-state index in [2.05, 4.69) is 5.32 Å². The van der Waals surface area contributed by atoms with Crippen molar-refractivity contribution in [2.24, 2.45) is 5.73 Å². The molecule has 1 atom stereocenters. The summed E-state index contributed by atoms with van der Waals surface area (Å²) in [6.45, 7) is 5.02. The number of hydrogen-bond acceptors (Lipinski definition) is 3. The lowest BCUT2D eigenvalue weighted by Gasteiger charge is -2.44. The Labute approximate surface area is 112 Å². The molecule has 0 spiro atoms. The highest BCUT2D eigenvalue weighted by atomic mass is 35.5. The maximum absolute atomic E-state index is 12.0. The number of amides is 1. The van der Waals surface area contributed by atoms with Gasteiger partial charge in [-0.05, 0) is 38.1 Å². The van der Waals surface area contributed by atoms with E-state index in [9.17, 15) is 4.79 Å². The molecule has 2 rings (SSSR count). The zero-order valence-electron chi connectivity index (χ0n) is 10.6. The summed E-state index contributed by atoms with van der Waals surface area (Å²) in [6.07, 6.45) is 0. The zero-order chi connectivity index (χ0) is 13.3. The van der Waals surface area contributed by atoms with Gasteiger partial charge in [0.2, 0.25) is 5.91 Å². The predicted molar refractivity (Wildman–Crippen MR) is 73.9 cm³/mol. The first-order valence-corrected chi connectivity index (χ1v) is 6.35. The van der Waals surface area contributed by atoms with Crippen molar-refractivity contribution in [1.82, 2.24) is 5.32 Å². The Morgan fingerprint density at radius 2 is 2.06 bits per heavy atom. The van der Waals surface area contributed by atoms with Gasteiger partial charge in [0.25, 0.3) is 0 Å². The van der Waals surface area contributed by atoms with Gasteiger partial charge in [-0.3, -0.25) is 4.79 Å². The maximum atomic E-state index is 12.0. The van der Waals surface area contributed by atoms with Gasteiger partial charge in [0.05, 0.1) is 5.54 Å². The number of piperazine rings is 1. The Morgan fingerprint density at radius 3 is 2.61 bits per heavy atom. The van der Waals surface area contributed by atoms with Crippen LogP contribution in [-0.2, 0) is 4.79 Å². The van der Waals surface area contributed by atoms with Crippen LogP contribution < -0.4 is 16.0 Å². The van der Waals surface area contributed by atoms with Crippen molar-refractivity contribution >= 4 is 23.2 Å². The molecule has 1 aromatic rings. The lowest BCUT2D eigenvalue weighted by Crippen LogP contribution is -2.66. The average Bonchev–Trinajstić information content (AvgIpc) is 2.28. The molecule has 98 valence electrons. The summed E-state index contributed by atoms with van der Waals surface area (Å²) in [6, 6.07) is 7.16. The minimum absolute atomic E-state index is 0.0244. The number of carbonyl (C=O) groups excluding carboxylic acids is 1. The van der Waals surface area contributed by atoms with Gasteiger partial charge in [0.1, 0.15) is 6.04 Å². The summed E-state index contributed by atoms with van der Waals surface area (Å²) >= 11 is 5.88. The minimum atomic E-state index is -0.320. The third-order valence-corrected chi connectivity index (χ3v) is 3.34. The second-order valence-corrected chi connectivity index (χ2v) is 5.67. The molecule has 1 fully saturated rings. The van der Waals surface area contributed by atoms with Gasteiger partial charge in [0.15, 0.2) is 0 Å². The first-order chi connectivity index (χ1) is 8.43. The van der Waals surface area contributed by atoms with Crippen molar-refractivity contribution in [3.8, 4) is 0 Å². The van der Waals surface area contributed by atoms with E-state index in [1.165, 1.54) is 0 Å². The molecule has 18 heavy (non-hydrogen) atoms. The van der Waals surface area contributed by atoms with Gasteiger partial charge < -0.3 is 16.0 Å². The van der Waals surface area contributed by atoms with Crippen molar-refractivity contribution in [2.75, 3.05) is 18.0 Å². The van der Waals surface area contributed by atoms with Gasteiger partial charge in [0, 0.05) is 23.8 Å². The van der Waals surface area contributed by atoms with Crippen molar-refractivity contribution in [1.29, 1.82) is 0 Å². The second-order valence-electron chi connectivity index (χ2n) is 5.23. The molecule has 1 unspecified atom stereocenters. The van der Waals surface area contributed by atoms with E-state index in [0.717, 1.165) is 12.2 Å². The highest BCUT2D eigenvalue weighted by molar-refractivity contribution is 6.30. The van der Waals surface area contributed by atoms with Gasteiger partial charge in [-0.15, -0.1) is 0 Å². The molecule has 3 N–H and O–H groups in total. The monoisotopic (exact) mass is 267 g/mol. The fourth-order valence-electron chi connectivity index (χ4n) is 2.27. The number of hydrogen-bond donors (Lipinski definition) is 2. The molecule has 0 saturated carbocycles. The molecular formula is C13H18ClN3O. The third kappa shape index (κ3) is 2.60. The average molecular weight is 268 g/mol. The molecule has 1 aliphatic rings. The topological polar surface area (TPSA) is 58.4 Å². The van der Waals surface area contributed by atoms with Crippen molar-refractivity contribution in [2.45, 2.75) is 25.4 Å². The zero-order valence-corrected chi connectivity index (χ0v) is 11.4. The summed E-state index contributed by atoms with van der Waals surface area (Å²) in [4.78, 5) is 14.1. The smallest absolute Gasteiger partial charge is 0.244 e. The third-order valence-electron chi connectivity index (χ3n) is 3.09. The van der Waals surface area contributed by atoms with Gasteiger partial charge in [-0.2, -0.15) is 0 Å². The normalized spacial score (nSPS) is 22.8. The van der Waals surface area contributed by atoms with Crippen LogP contribution >= 0.6 is 11.6 Å². The summed E-state index contributed by atoms with van der Waals surface area (Å²) < 4.78 is 0. The number of rotatable bonds is 2. The molecule has 4 nitrogen and oxygen atoms in total. The molecule has 0 aliphatic carbocycles. The van der Waals surface area contributed by atoms with E-state index >= 15 is 0 Å². The first kappa shape index (κ1) is 13.2. The van der Waals surface area contributed by atoms with Crippen LogP contribution in [0.5, 0.6) is 0 Å². The van der Waals surface area contributed by atoms with Crippen molar-refractivity contribution < 1.29 is 4.79 Å². The molecule has 1 heterocycles. The van der Waals surface area contributed by atoms with E-state index in [-0.39, 0.29) is 17.5 Å². The Balaban J connectivity index is 2.32. The highest BCUT2D eigenvalue weighted by Gasteiger charge is 2.37. The van der Waals surface area contributed by atoms with Crippen LogP contribution in [0.3, 0.4) is 0 Å². The molecule has 0 radical (unpaired) electrons. The van der Waals surface area contributed by atoms with Gasteiger partial charge >= 0.3 is 0 Å². The number of nitrogens with zero attached hydrogens (tertiary/aromatic N) is 1. The van der Waals surface area contributed by atoms with Crippen LogP contribution in [0, 0.1) is 0 Å². The highest BCUT2D eigenvalue weighted by Crippen LogP contribution is 2.25. The van der Waals surface area contributed by atoms with E-state index in [1.54, 1.807) is 0 Å². The molecule has 1 aromatic carbocycles. The SMILES string of the molecule is CC1(C)CN(c2ccc(Cl)cc2)C(CN)C(=O)N1. The largest absolute Gasteiger partial charge is 0.356 e. The van der Waals surface area contributed by atoms with E-state index in [4.69, 9.17) is 17.3 Å². The first-order valence-electron chi connectivity index (χ1n) is 5.97. The van der Waals surface area contributed by atoms with Crippen LogP contribution in [0.1, 0.15) is 13.8 Å². The molecule has 5 heteroatoms. The standard InChI is InChI=1S/C13H18ClN3O/c1-13(2)8-17(11(7-15)12(18)16-13)10-5-3-9(14)4-6-10/h3-6,11H,7-8,15H2,1-2H3,(H,16,18). The van der Waals surface area contributed by atoms with Crippen LogP contribution in [0.4, 0.5) is 5.69 Å². The van der Waals surface area contributed by atoms with Gasteiger partial charge in [-0.1, -0.05) is 11.6 Å². The van der Waals surface area contributed by atoms with Crippen LogP contribution in [0.2, 0.25) is 5.02 Å². The predicted octanol–water partition coefficient (Wildman–Crippen LogP) is 1.38. The number of halogens is 1. The molecule has 1 amide bonds. The molecular weight excluding hydrogens is 250 g/mol. The summed E-state index contributed by atoms with van der Waals surface area (Å²) in [7, 11) is 0. The Kier molecular flexibility index (Phi) is 3.50. The minimum Gasteiger partial charge on any atom is -0.356 e. The molecule has 1 aliphatic heterocycles. The van der Waals surface area contributed by atoms with Crippen LogP contribution in [-0.4, -0.2) is 30.6 Å². The Morgan fingerprint density at radius 1 is 1.44 bits per heavy atom. The summed E-state index contributed by atoms with van der Waals surface area (Å²) in [5, 5.41) is 3.67. The van der Waals surface area contributed by atoms with Crippen LogP contribution in [0.15, 0.2) is 24.3 Å². The van der Waals surface area contributed by atoms with E-state index in [0.29, 0.717) is 11.6 Å². The quantitative estimate of drug-likeness (QED) is 0.851. The fraction of sp³-hybridized carbons (Fsp3) is 0.462. The lowest BCUT2D eigenvalue weighted by atomic mass is 9.97. The molecule has 1 saturated heterocycles. The number of benzene rings is 1. The molecule has 0 aromatic heterocycles. The number of carbonyl (C=O) groups is 1. The number of nitrogens with one attached hydrogen (secondary N) is 1. The van der Waals surface area contributed by atoms with Crippen LogP contribution in [0.25, 0.3) is 0 Å². The van der Waals surface area contributed by atoms with E-state index < -0.39 is 0 Å². The number of nitrogens with two attached hydrogens (primary N) is 1. The van der Waals surface area contributed by atoms with Crippen molar-refractivity contribution in [3.05, 3.63) is 29.3 Å². The summed E-state index contributed by atoms with van der Waals surface area (Å²) in [5.74, 6) is -0.0244. The molecule has 0 bridgehead atoms. The fourth-order valence-corrected chi connectivity index (χ4v) is 2.40. The Hall–Kier alpha value is -1.26. The number of anilines is 1. The second kappa shape index (κ2) is 4.78. The van der Waals surface area contributed by atoms with E-state index in [1.807, 2.05) is 43.0 Å². The lowest BCUT2D eigenvalue weighted by molar-refractivity contribution is -0.125. The maximum Gasteiger partial charge on any atom is 0.244 e. The Bertz CT molecular complexity index is 444. The summed E-state index contributed by atoms with van der Waals surface area (Å²) in [5.41, 5.74) is 6.42.